The summed E-state index contributed by atoms with van der Waals surface area (Å²) in [5.74, 6) is 1.38. The highest BCUT2D eigenvalue weighted by Crippen LogP contribution is 2.29. The van der Waals surface area contributed by atoms with Crippen molar-refractivity contribution in [2.75, 3.05) is 11.4 Å². The minimum atomic E-state index is -0.332. The van der Waals surface area contributed by atoms with Crippen LogP contribution in [0.25, 0.3) is 0 Å². The number of aryl methyl sites for hydroxylation is 2. The van der Waals surface area contributed by atoms with Crippen LogP contribution < -0.4 is 10.2 Å². The number of nitrogens with zero attached hydrogens (tertiary/aromatic N) is 4. The van der Waals surface area contributed by atoms with Crippen molar-refractivity contribution in [1.82, 2.24) is 20.1 Å². The Balaban J connectivity index is 1.41. The van der Waals surface area contributed by atoms with Crippen LogP contribution in [0.2, 0.25) is 0 Å². The molecule has 0 aliphatic carbocycles. The van der Waals surface area contributed by atoms with Gasteiger partial charge in [-0.2, -0.15) is 0 Å². The number of hydrogen-bond acceptors (Lipinski definition) is 4. The van der Waals surface area contributed by atoms with Gasteiger partial charge in [-0.3, -0.25) is 9.59 Å². The Morgan fingerprint density at radius 2 is 2.11 bits per heavy atom. The lowest BCUT2D eigenvalue weighted by molar-refractivity contribution is -0.126. The third-order valence-electron chi connectivity index (χ3n) is 5.72. The first-order valence-electron chi connectivity index (χ1n) is 9.60. The van der Waals surface area contributed by atoms with Crippen LogP contribution in [0, 0.1) is 19.8 Å². The molecule has 1 atom stereocenters. The van der Waals surface area contributed by atoms with Crippen molar-refractivity contribution in [1.29, 1.82) is 0 Å². The van der Waals surface area contributed by atoms with E-state index in [4.69, 9.17) is 0 Å². The second-order valence-corrected chi connectivity index (χ2v) is 7.48. The first kappa shape index (κ1) is 17.7. The monoisotopic (exact) mass is 367 g/mol. The molecule has 2 amide bonds. The van der Waals surface area contributed by atoms with Crippen LogP contribution in [0.4, 0.5) is 5.69 Å². The fourth-order valence-corrected chi connectivity index (χ4v) is 3.95. The third kappa shape index (κ3) is 3.34. The Hall–Kier alpha value is -2.70. The number of carbonyl (C=O) groups is 2. The molecular formula is C20H25N5O2. The summed E-state index contributed by atoms with van der Waals surface area (Å²) in [5, 5.41) is 11.4. The van der Waals surface area contributed by atoms with Gasteiger partial charge in [-0.1, -0.05) is 12.1 Å². The average Bonchev–Trinajstić information content (AvgIpc) is 3.26. The van der Waals surface area contributed by atoms with Gasteiger partial charge in [-0.25, -0.2) is 0 Å². The van der Waals surface area contributed by atoms with E-state index in [1.807, 2.05) is 32.0 Å². The number of amides is 2. The summed E-state index contributed by atoms with van der Waals surface area (Å²) in [6, 6.07) is 5.93. The lowest BCUT2D eigenvalue weighted by Crippen LogP contribution is -2.33. The number of aromatic nitrogens is 3. The number of anilines is 1. The van der Waals surface area contributed by atoms with Gasteiger partial charge < -0.3 is 14.8 Å². The highest BCUT2D eigenvalue weighted by atomic mass is 16.2. The molecule has 0 saturated carbocycles. The van der Waals surface area contributed by atoms with E-state index in [0.29, 0.717) is 13.1 Å². The number of fused-ring (bicyclic) bond motifs is 1. The minimum absolute atomic E-state index is 0.00343. The normalized spacial score (nSPS) is 19.3. The maximum absolute atomic E-state index is 12.6. The van der Waals surface area contributed by atoms with Gasteiger partial charge in [0.15, 0.2) is 5.82 Å². The number of rotatable bonds is 4. The molecule has 0 unspecified atom stereocenters. The van der Waals surface area contributed by atoms with Gasteiger partial charge in [0, 0.05) is 31.6 Å². The van der Waals surface area contributed by atoms with Crippen LogP contribution in [0.3, 0.4) is 0 Å². The van der Waals surface area contributed by atoms with Crippen molar-refractivity contribution in [3.05, 3.63) is 41.0 Å². The van der Waals surface area contributed by atoms with Crippen LogP contribution in [-0.4, -0.2) is 33.1 Å². The molecule has 142 valence electrons. The summed E-state index contributed by atoms with van der Waals surface area (Å²) >= 11 is 0. The molecular weight excluding hydrogens is 342 g/mol. The first-order valence-corrected chi connectivity index (χ1v) is 9.60. The van der Waals surface area contributed by atoms with Gasteiger partial charge in [-0.05, 0) is 43.9 Å². The molecule has 2 aromatic rings. The topological polar surface area (TPSA) is 80.1 Å². The second-order valence-electron chi connectivity index (χ2n) is 7.48. The Bertz CT molecular complexity index is 888. The largest absolute Gasteiger partial charge is 0.348 e. The molecule has 0 bridgehead atoms. The summed E-state index contributed by atoms with van der Waals surface area (Å²) in [7, 11) is 0. The lowest BCUT2D eigenvalue weighted by atomic mass is 10.1. The maximum Gasteiger partial charge on any atom is 0.227 e. The zero-order chi connectivity index (χ0) is 19.0. The van der Waals surface area contributed by atoms with Gasteiger partial charge in [0.2, 0.25) is 11.8 Å². The van der Waals surface area contributed by atoms with E-state index in [1.165, 1.54) is 0 Å². The van der Waals surface area contributed by atoms with Crippen LogP contribution in [0.1, 0.15) is 42.0 Å². The van der Waals surface area contributed by atoms with Crippen molar-refractivity contribution < 1.29 is 9.59 Å². The molecule has 2 aliphatic rings. The van der Waals surface area contributed by atoms with Crippen molar-refractivity contribution in [2.24, 2.45) is 5.92 Å². The van der Waals surface area contributed by atoms with Gasteiger partial charge in [0.05, 0.1) is 12.5 Å². The van der Waals surface area contributed by atoms with Gasteiger partial charge in [0.25, 0.3) is 0 Å². The Kier molecular flexibility index (Phi) is 4.68. The quantitative estimate of drug-likeness (QED) is 0.895. The Morgan fingerprint density at radius 3 is 2.96 bits per heavy atom. The average molecular weight is 367 g/mol. The fraction of sp³-hybridized carbons (Fsp3) is 0.500. The maximum atomic E-state index is 12.6. The van der Waals surface area contributed by atoms with Crippen molar-refractivity contribution in [2.45, 2.75) is 52.6 Å². The number of carbonyl (C=O) groups excluding carboxylic acids is 2. The molecule has 1 aromatic carbocycles. The SMILES string of the molecule is Cc1cccc(N2C[C@@H](C(=O)NCc3nnc4n3CCCC4)CC2=O)c1C. The van der Waals surface area contributed by atoms with Crippen LogP contribution >= 0.6 is 0 Å². The smallest absolute Gasteiger partial charge is 0.227 e. The summed E-state index contributed by atoms with van der Waals surface area (Å²) in [6.07, 6.45) is 3.46. The molecule has 1 fully saturated rings. The summed E-state index contributed by atoms with van der Waals surface area (Å²) in [4.78, 5) is 26.9. The molecule has 3 heterocycles. The third-order valence-corrected chi connectivity index (χ3v) is 5.72. The molecule has 4 rings (SSSR count). The zero-order valence-electron chi connectivity index (χ0n) is 15.9. The predicted molar refractivity (Wildman–Crippen MR) is 101 cm³/mol. The van der Waals surface area contributed by atoms with E-state index < -0.39 is 0 Å². The van der Waals surface area contributed by atoms with Gasteiger partial charge in [-0.15, -0.1) is 10.2 Å². The second kappa shape index (κ2) is 7.13. The van der Waals surface area contributed by atoms with Crippen molar-refractivity contribution >= 4 is 17.5 Å². The molecule has 1 aromatic heterocycles. The van der Waals surface area contributed by atoms with E-state index in [-0.39, 0.29) is 24.2 Å². The van der Waals surface area contributed by atoms with Crippen molar-refractivity contribution in [3.8, 4) is 0 Å². The molecule has 1 saturated heterocycles. The van der Waals surface area contributed by atoms with Gasteiger partial charge in [0.1, 0.15) is 5.82 Å². The molecule has 1 N–H and O–H groups in total. The van der Waals surface area contributed by atoms with Crippen molar-refractivity contribution in [3.63, 3.8) is 0 Å². The molecule has 7 nitrogen and oxygen atoms in total. The summed E-state index contributed by atoms with van der Waals surface area (Å²) in [5.41, 5.74) is 3.13. The van der Waals surface area contributed by atoms with Crippen LogP contribution in [0.5, 0.6) is 0 Å². The van der Waals surface area contributed by atoms with Crippen LogP contribution in [0.15, 0.2) is 18.2 Å². The number of hydrogen-bond donors (Lipinski definition) is 1. The van der Waals surface area contributed by atoms with E-state index in [2.05, 4.69) is 20.1 Å². The molecule has 0 radical (unpaired) electrons. The summed E-state index contributed by atoms with van der Waals surface area (Å²) in [6.45, 7) is 5.74. The molecule has 7 heteroatoms. The summed E-state index contributed by atoms with van der Waals surface area (Å²) < 4.78 is 2.10. The highest BCUT2D eigenvalue weighted by molar-refractivity contribution is 6.00. The number of nitrogens with one attached hydrogen (secondary N) is 1. The Labute approximate surface area is 158 Å². The standard InChI is InChI=1S/C20H25N5O2/c1-13-6-5-7-16(14(13)2)25-12-15(10-19(25)26)20(27)21-11-18-23-22-17-8-3-4-9-24(17)18/h5-7,15H,3-4,8-12H2,1-2H3,(H,21,27)/t15-/m0/s1. The lowest BCUT2D eigenvalue weighted by Gasteiger charge is -2.20. The highest BCUT2D eigenvalue weighted by Gasteiger charge is 2.35. The first-order chi connectivity index (χ1) is 13.0. The van der Waals surface area contributed by atoms with Gasteiger partial charge >= 0.3 is 0 Å². The Morgan fingerprint density at radius 1 is 1.26 bits per heavy atom. The minimum Gasteiger partial charge on any atom is -0.348 e. The molecule has 27 heavy (non-hydrogen) atoms. The molecule has 0 spiro atoms. The molecule has 2 aliphatic heterocycles. The predicted octanol–water partition coefficient (Wildman–Crippen LogP) is 1.90. The van der Waals surface area contributed by atoms with E-state index >= 15 is 0 Å². The van der Waals surface area contributed by atoms with E-state index in [0.717, 1.165) is 54.3 Å². The fourth-order valence-electron chi connectivity index (χ4n) is 3.95. The number of benzene rings is 1. The van der Waals surface area contributed by atoms with E-state index in [9.17, 15) is 9.59 Å². The van der Waals surface area contributed by atoms with E-state index in [1.54, 1.807) is 4.90 Å². The zero-order valence-corrected chi connectivity index (χ0v) is 15.9. The van der Waals surface area contributed by atoms with Crippen LogP contribution in [-0.2, 0) is 29.1 Å².